The van der Waals surface area contributed by atoms with Crippen molar-refractivity contribution in [3.63, 3.8) is 0 Å². The lowest BCUT2D eigenvalue weighted by Crippen LogP contribution is -2.29. The van der Waals surface area contributed by atoms with Crippen LogP contribution in [0.2, 0.25) is 0 Å². The molecule has 0 spiro atoms. The van der Waals surface area contributed by atoms with Crippen LogP contribution in [0.3, 0.4) is 0 Å². The Morgan fingerprint density at radius 1 is 1.54 bits per heavy atom. The molecule has 3 N–H and O–H groups in total. The number of aromatic amines is 1. The summed E-state index contributed by atoms with van der Waals surface area (Å²) < 4.78 is 13.3. The molecule has 1 saturated carbocycles. The Kier molecular flexibility index (Phi) is 6.54. The quantitative estimate of drug-likeness (QED) is 0.492. The fourth-order valence-electron chi connectivity index (χ4n) is 2.35. The van der Waals surface area contributed by atoms with Crippen LogP contribution >= 0.6 is 0 Å². The van der Waals surface area contributed by atoms with Gasteiger partial charge in [-0.25, -0.2) is 4.39 Å². The highest BCUT2D eigenvalue weighted by Gasteiger charge is 2.29. The minimum absolute atomic E-state index is 0.00761. The molecule has 0 bridgehead atoms. The van der Waals surface area contributed by atoms with E-state index in [0.717, 1.165) is 30.7 Å². The monoisotopic (exact) mass is 356 g/mol. The Balaban J connectivity index is 2.21. The number of pyridine rings is 1. The molecule has 0 atom stereocenters. The maximum absolute atomic E-state index is 13.3. The molecule has 26 heavy (non-hydrogen) atoms. The summed E-state index contributed by atoms with van der Waals surface area (Å²) in [5.41, 5.74) is 0.963. The average molecular weight is 356 g/mol. The Bertz CT molecular complexity index is 861. The standard InChI is InChI=1S/C19H21FN4O2/c1-3-12(5-4-8-22-2)15(17(21)13-6-7-13)11-24-18(25)14-9-16(20)19(26)23-10-14/h3-5,8-10,13,21H,1,6-7,11H2,2H3,(H,23,26)(H,24,25)/b5-4-,15-12+,21-17?,22-8?. The number of amides is 1. The summed E-state index contributed by atoms with van der Waals surface area (Å²) in [7, 11) is 1.65. The molecule has 136 valence electrons. The molecular formula is C19H21FN4O2. The van der Waals surface area contributed by atoms with Crippen molar-refractivity contribution in [2.24, 2.45) is 10.9 Å². The number of rotatable bonds is 8. The maximum Gasteiger partial charge on any atom is 0.283 e. The number of carbonyl (C=O) groups is 1. The Labute approximate surface area is 150 Å². The second kappa shape index (κ2) is 8.84. The zero-order chi connectivity index (χ0) is 19.1. The van der Waals surface area contributed by atoms with Crippen LogP contribution in [0.1, 0.15) is 23.2 Å². The summed E-state index contributed by atoms with van der Waals surface area (Å²) >= 11 is 0. The van der Waals surface area contributed by atoms with Crippen LogP contribution < -0.4 is 10.9 Å². The molecule has 2 rings (SSSR count). The number of nitrogens with zero attached hydrogens (tertiary/aromatic N) is 1. The van der Waals surface area contributed by atoms with E-state index >= 15 is 0 Å². The summed E-state index contributed by atoms with van der Waals surface area (Å²) in [5, 5.41) is 11.0. The van der Waals surface area contributed by atoms with Crippen molar-refractivity contribution in [3.05, 3.63) is 70.0 Å². The van der Waals surface area contributed by atoms with Crippen molar-refractivity contribution in [2.75, 3.05) is 13.6 Å². The lowest BCUT2D eigenvalue weighted by atomic mass is 9.99. The first kappa shape index (κ1) is 19.2. The van der Waals surface area contributed by atoms with Crippen molar-refractivity contribution in [3.8, 4) is 0 Å². The van der Waals surface area contributed by atoms with Gasteiger partial charge in [-0.3, -0.25) is 14.6 Å². The number of H-pyrrole nitrogens is 1. The van der Waals surface area contributed by atoms with Crippen LogP contribution in [0, 0.1) is 17.1 Å². The highest BCUT2D eigenvalue weighted by Crippen LogP contribution is 2.33. The minimum Gasteiger partial charge on any atom is -0.348 e. The van der Waals surface area contributed by atoms with Crippen molar-refractivity contribution in [2.45, 2.75) is 12.8 Å². The average Bonchev–Trinajstić information content (AvgIpc) is 3.47. The highest BCUT2D eigenvalue weighted by atomic mass is 19.1. The third-order valence-corrected chi connectivity index (χ3v) is 3.94. The molecule has 1 aromatic heterocycles. The first-order chi connectivity index (χ1) is 12.5. The van der Waals surface area contributed by atoms with Crippen LogP contribution in [0.25, 0.3) is 0 Å². The van der Waals surface area contributed by atoms with Gasteiger partial charge in [0.2, 0.25) is 0 Å². The normalized spacial score (nSPS) is 15.2. The Hall–Kier alpha value is -3.09. The highest BCUT2D eigenvalue weighted by molar-refractivity contribution is 6.04. The van der Waals surface area contributed by atoms with E-state index in [0.29, 0.717) is 11.3 Å². The van der Waals surface area contributed by atoms with E-state index in [4.69, 9.17) is 5.41 Å². The zero-order valence-corrected chi connectivity index (χ0v) is 14.5. The molecule has 0 radical (unpaired) electrons. The number of hydrogen-bond acceptors (Lipinski definition) is 4. The third kappa shape index (κ3) is 4.95. The van der Waals surface area contributed by atoms with E-state index in [1.165, 1.54) is 0 Å². The summed E-state index contributed by atoms with van der Waals surface area (Å²) in [6.07, 6.45) is 9.80. The van der Waals surface area contributed by atoms with Crippen LogP contribution in [-0.2, 0) is 0 Å². The van der Waals surface area contributed by atoms with Crippen molar-refractivity contribution >= 4 is 17.8 Å². The molecule has 1 fully saturated rings. The number of halogens is 1. The van der Waals surface area contributed by atoms with Gasteiger partial charge in [-0.15, -0.1) is 0 Å². The van der Waals surface area contributed by atoms with Gasteiger partial charge in [0, 0.05) is 37.6 Å². The van der Waals surface area contributed by atoms with Gasteiger partial charge in [0.1, 0.15) is 0 Å². The second-order valence-corrected chi connectivity index (χ2v) is 5.84. The molecule has 1 aliphatic carbocycles. The van der Waals surface area contributed by atoms with Gasteiger partial charge < -0.3 is 15.7 Å². The number of aromatic nitrogens is 1. The first-order valence-corrected chi connectivity index (χ1v) is 8.17. The second-order valence-electron chi connectivity index (χ2n) is 5.84. The van der Waals surface area contributed by atoms with Gasteiger partial charge in [0.05, 0.1) is 5.56 Å². The van der Waals surface area contributed by atoms with Gasteiger partial charge in [0.15, 0.2) is 5.82 Å². The number of nitrogens with one attached hydrogen (secondary N) is 3. The van der Waals surface area contributed by atoms with Crippen LogP contribution in [0.5, 0.6) is 0 Å². The topological polar surface area (TPSA) is 98.2 Å². The number of hydrogen-bond donors (Lipinski definition) is 3. The summed E-state index contributed by atoms with van der Waals surface area (Å²) in [4.78, 5) is 29.3. The van der Waals surface area contributed by atoms with Gasteiger partial charge in [-0.2, -0.15) is 0 Å². The Morgan fingerprint density at radius 3 is 2.85 bits per heavy atom. The van der Waals surface area contributed by atoms with E-state index in [-0.39, 0.29) is 18.0 Å². The third-order valence-electron chi connectivity index (χ3n) is 3.94. The van der Waals surface area contributed by atoms with Crippen molar-refractivity contribution in [1.29, 1.82) is 5.41 Å². The molecule has 0 aliphatic heterocycles. The lowest BCUT2D eigenvalue weighted by Gasteiger charge is -2.13. The predicted molar refractivity (Wildman–Crippen MR) is 101 cm³/mol. The van der Waals surface area contributed by atoms with E-state index < -0.39 is 17.3 Å². The van der Waals surface area contributed by atoms with Crippen molar-refractivity contribution < 1.29 is 9.18 Å². The summed E-state index contributed by atoms with van der Waals surface area (Å²) in [6, 6.07) is 0.885. The van der Waals surface area contributed by atoms with Gasteiger partial charge >= 0.3 is 0 Å². The van der Waals surface area contributed by atoms with E-state index in [1.807, 2.05) is 0 Å². The zero-order valence-electron chi connectivity index (χ0n) is 14.5. The smallest absolute Gasteiger partial charge is 0.283 e. The first-order valence-electron chi connectivity index (χ1n) is 8.17. The molecule has 1 heterocycles. The minimum atomic E-state index is -1.02. The van der Waals surface area contributed by atoms with Crippen molar-refractivity contribution in [1.82, 2.24) is 10.3 Å². The molecule has 7 heteroatoms. The summed E-state index contributed by atoms with van der Waals surface area (Å²) in [6.45, 7) is 3.88. The van der Waals surface area contributed by atoms with Crippen LogP contribution in [0.4, 0.5) is 4.39 Å². The SMILES string of the molecule is C=CC(/C=C\C=NC)=C(/CNC(=O)c1c[nH]c(=O)c(F)c1)C(=N)C1CC1. The number of aliphatic imine (C=N–C) groups is 1. The molecule has 6 nitrogen and oxygen atoms in total. The molecule has 0 unspecified atom stereocenters. The fourth-order valence-corrected chi connectivity index (χ4v) is 2.35. The van der Waals surface area contributed by atoms with Gasteiger partial charge in [-0.1, -0.05) is 18.7 Å². The number of allylic oxidation sites excluding steroid dienone is 4. The largest absolute Gasteiger partial charge is 0.348 e. The molecule has 1 aromatic rings. The predicted octanol–water partition coefficient (Wildman–Crippen LogP) is 2.41. The molecule has 1 amide bonds. The van der Waals surface area contributed by atoms with Gasteiger partial charge in [0.25, 0.3) is 11.5 Å². The van der Waals surface area contributed by atoms with E-state index in [2.05, 4.69) is 21.9 Å². The van der Waals surface area contributed by atoms with E-state index in [9.17, 15) is 14.0 Å². The maximum atomic E-state index is 13.3. The molecule has 0 saturated heterocycles. The lowest BCUT2D eigenvalue weighted by molar-refractivity contribution is 0.0956. The van der Waals surface area contributed by atoms with Crippen LogP contribution in [0.15, 0.2) is 58.0 Å². The molecule has 0 aromatic carbocycles. The van der Waals surface area contributed by atoms with Crippen LogP contribution in [-0.4, -0.2) is 36.4 Å². The van der Waals surface area contributed by atoms with Gasteiger partial charge in [-0.05, 0) is 36.1 Å². The molecule has 1 aliphatic rings. The fraction of sp³-hybridized carbons (Fsp3) is 0.263. The molecular weight excluding hydrogens is 335 g/mol. The Morgan fingerprint density at radius 2 is 2.27 bits per heavy atom. The number of carbonyl (C=O) groups excluding carboxylic acids is 1. The summed E-state index contributed by atoms with van der Waals surface area (Å²) in [5.74, 6) is -1.37. The van der Waals surface area contributed by atoms with E-state index in [1.54, 1.807) is 31.5 Å².